The Morgan fingerprint density at radius 3 is 3.00 bits per heavy atom. The van der Waals surface area contributed by atoms with Gasteiger partial charge in [-0.25, -0.2) is 9.97 Å². The largest absolute Gasteiger partial charge is 0.370 e. The van der Waals surface area contributed by atoms with E-state index >= 15 is 0 Å². The number of nitrogens with zero attached hydrogens (tertiary/aromatic N) is 8. The molecule has 1 aliphatic rings. The summed E-state index contributed by atoms with van der Waals surface area (Å²) in [5.74, 6) is 3.92. The van der Waals surface area contributed by atoms with E-state index in [1.54, 1.807) is 12.5 Å². The fourth-order valence-electron chi connectivity index (χ4n) is 3.56. The van der Waals surface area contributed by atoms with E-state index in [9.17, 15) is 0 Å². The van der Waals surface area contributed by atoms with Crippen LogP contribution in [0.5, 0.6) is 0 Å². The third-order valence-corrected chi connectivity index (χ3v) is 4.95. The molecule has 0 radical (unpaired) electrons. The molecular weight excluding hydrogens is 342 g/mol. The molecule has 0 amide bonds. The Morgan fingerprint density at radius 1 is 1.26 bits per heavy atom. The molecule has 9 nitrogen and oxygen atoms in total. The first-order valence-electron chi connectivity index (χ1n) is 9.40. The Kier molecular flexibility index (Phi) is 4.99. The van der Waals surface area contributed by atoms with Crippen molar-refractivity contribution < 1.29 is 0 Å². The SMILES string of the molecule is CCNc1ccnc(N2CCC[C@H](c3nnc(Cn4ccnc4)n3C)C2)n1. The maximum Gasteiger partial charge on any atom is 0.227 e. The second kappa shape index (κ2) is 7.73. The molecule has 1 fully saturated rings. The van der Waals surface area contributed by atoms with Gasteiger partial charge in [0.05, 0.1) is 12.9 Å². The maximum absolute atomic E-state index is 4.64. The second-order valence-electron chi connectivity index (χ2n) is 6.83. The van der Waals surface area contributed by atoms with Gasteiger partial charge in [0, 0.05) is 51.2 Å². The average molecular weight is 367 g/mol. The molecule has 0 bridgehead atoms. The fraction of sp³-hybridized carbons (Fsp3) is 0.500. The number of imidazole rings is 1. The smallest absolute Gasteiger partial charge is 0.227 e. The average Bonchev–Trinajstić information content (AvgIpc) is 3.33. The predicted molar refractivity (Wildman–Crippen MR) is 103 cm³/mol. The molecule has 142 valence electrons. The van der Waals surface area contributed by atoms with Gasteiger partial charge < -0.3 is 19.4 Å². The number of rotatable bonds is 6. The first-order valence-corrected chi connectivity index (χ1v) is 9.40. The molecule has 1 aliphatic heterocycles. The number of anilines is 2. The Labute approximate surface area is 158 Å². The summed E-state index contributed by atoms with van der Waals surface area (Å²) in [6.45, 7) is 5.40. The van der Waals surface area contributed by atoms with Gasteiger partial charge in [-0.2, -0.15) is 4.98 Å². The Bertz CT molecular complexity index is 871. The zero-order valence-electron chi connectivity index (χ0n) is 15.8. The van der Waals surface area contributed by atoms with Crippen LogP contribution in [-0.2, 0) is 13.6 Å². The molecule has 3 aromatic heterocycles. The lowest BCUT2D eigenvalue weighted by molar-refractivity contribution is 0.473. The van der Waals surface area contributed by atoms with Crippen LogP contribution in [0.1, 0.15) is 37.3 Å². The van der Waals surface area contributed by atoms with E-state index in [4.69, 9.17) is 0 Å². The van der Waals surface area contributed by atoms with E-state index < -0.39 is 0 Å². The van der Waals surface area contributed by atoms with Crippen LogP contribution in [0.4, 0.5) is 11.8 Å². The zero-order chi connectivity index (χ0) is 18.6. The van der Waals surface area contributed by atoms with Crippen LogP contribution in [0, 0.1) is 0 Å². The standard InChI is InChI=1S/C18H25N9/c1-3-20-15-6-7-21-18(22-15)27-9-4-5-14(11-27)17-24-23-16(25(17)2)12-26-10-8-19-13-26/h6-8,10,13-14H,3-5,9,11-12H2,1-2H3,(H,20,21,22)/t14-/m0/s1. The van der Waals surface area contributed by atoms with Crippen molar-refractivity contribution in [1.29, 1.82) is 0 Å². The first kappa shape index (κ1) is 17.4. The predicted octanol–water partition coefficient (Wildman–Crippen LogP) is 1.67. The van der Waals surface area contributed by atoms with E-state index in [1.807, 2.05) is 30.1 Å². The third-order valence-electron chi connectivity index (χ3n) is 4.95. The lowest BCUT2D eigenvalue weighted by Crippen LogP contribution is -2.36. The molecule has 3 aromatic rings. The minimum Gasteiger partial charge on any atom is -0.370 e. The fourth-order valence-corrected chi connectivity index (χ4v) is 3.56. The Balaban J connectivity index is 1.50. The van der Waals surface area contributed by atoms with Crippen molar-refractivity contribution in [2.45, 2.75) is 32.2 Å². The van der Waals surface area contributed by atoms with E-state index in [-0.39, 0.29) is 0 Å². The number of hydrogen-bond donors (Lipinski definition) is 1. The highest BCUT2D eigenvalue weighted by Gasteiger charge is 2.27. The molecule has 1 saturated heterocycles. The van der Waals surface area contributed by atoms with Crippen molar-refractivity contribution in [3.63, 3.8) is 0 Å². The van der Waals surface area contributed by atoms with Crippen LogP contribution in [0.3, 0.4) is 0 Å². The van der Waals surface area contributed by atoms with Crippen molar-refractivity contribution in [2.24, 2.45) is 7.05 Å². The van der Waals surface area contributed by atoms with Crippen molar-refractivity contribution in [3.8, 4) is 0 Å². The first-order chi connectivity index (χ1) is 13.2. The lowest BCUT2D eigenvalue weighted by Gasteiger charge is -2.32. The summed E-state index contributed by atoms with van der Waals surface area (Å²) in [5.41, 5.74) is 0. The zero-order valence-corrected chi connectivity index (χ0v) is 15.8. The summed E-state index contributed by atoms with van der Waals surface area (Å²) < 4.78 is 4.12. The van der Waals surface area contributed by atoms with Crippen molar-refractivity contribution in [3.05, 3.63) is 42.6 Å². The maximum atomic E-state index is 4.64. The van der Waals surface area contributed by atoms with Gasteiger partial charge in [-0.15, -0.1) is 10.2 Å². The van der Waals surface area contributed by atoms with Gasteiger partial charge in [0.25, 0.3) is 0 Å². The van der Waals surface area contributed by atoms with Gasteiger partial charge in [-0.05, 0) is 25.8 Å². The highest BCUT2D eigenvalue weighted by atomic mass is 15.3. The van der Waals surface area contributed by atoms with E-state index in [1.165, 1.54) is 0 Å². The minimum atomic E-state index is 0.319. The highest BCUT2D eigenvalue weighted by Crippen LogP contribution is 2.28. The van der Waals surface area contributed by atoms with Crippen molar-refractivity contribution in [2.75, 3.05) is 29.9 Å². The minimum absolute atomic E-state index is 0.319. The molecule has 0 unspecified atom stereocenters. The van der Waals surface area contributed by atoms with Crippen molar-refractivity contribution in [1.82, 2.24) is 34.3 Å². The monoisotopic (exact) mass is 367 g/mol. The van der Waals surface area contributed by atoms with E-state index in [2.05, 4.69) is 46.9 Å². The van der Waals surface area contributed by atoms with Crippen LogP contribution in [0.15, 0.2) is 31.0 Å². The molecule has 0 saturated carbocycles. The number of aromatic nitrogens is 7. The topological polar surface area (TPSA) is 89.6 Å². The summed E-state index contributed by atoms with van der Waals surface area (Å²) >= 11 is 0. The molecule has 4 rings (SSSR count). The summed E-state index contributed by atoms with van der Waals surface area (Å²) in [4.78, 5) is 15.5. The summed E-state index contributed by atoms with van der Waals surface area (Å²) in [6.07, 6.45) is 9.51. The van der Waals surface area contributed by atoms with Gasteiger partial charge >= 0.3 is 0 Å². The third kappa shape index (κ3) is 3.76. The molecule has 0 spiro atoms. The van der Waals surface area contributed by atoms with Crippen LogP contribution < -0.4 is 10.2 Å². The molecule has 1 atom stereocenters. The normalized spacial score (nSPS) is 17.3. The molecule has 1 N–H and O–H groups in total. The Hall–Kier alpha value is -2.97. The van der Waals surface area contributed by atoms with Crippen LogP contribution in [0.2, 0.25) is 0 Å². The van der Waals surface area contributed by atoms with Crippen LogP contribution in [-0.4, -0.2) is 53.9 Å². The molecule has 27 heavy (non-hydrogen) atoms. The summed E-state index contributed by atoms with van der Waals surface area (Å²) in [5, 5.41) is 12.2. The Morgan fingerprint density at radius 2 is 2.19 bits per heavy atom. The van der Waals surface area contributed by atoms with Gasteiger partial charge in [-0.1, -0.05) is 0 Å². The second-order valence-corrected chi connectivity index (χ2v) is 6.83. The van der Waals surface area contributed by atoms with Crippen LogP contribution >= 0.6 is 0 Å². The summed E-state index contributed by atoms with van der Waals surface area (Å²) in [6, 6.07) is 1.90. The summed E-state index contributed by atoms with van der Waals surface area (Å²) in [7, 11) is 2.04. The molecule has 0 aliphatic carbocycles. The van der Waals surface area contributed by atoms with Gasteiger partial charge in [-0.3, -0.25) is 0 Å². The van der Waals surface area contributed by atoms with Crippen molar-refractivity contribution >= 4 is 11.8 Å². The molecular formula is C18H25N9. The lowest BCUT2D eigenvalue weighted by atomic mass is 9.97. The van der Waals surface area contributed by atoms with Gasteiger partial charge in [0.2, 0.25) is 5.95 Å². The van der Waals surface area contributed by atoms with Crippen LogP contribution in [0.25, 0.3) is 0 Å². The highest BCUT2D eigenvalue weighted by molar-refractivity contribution is 5.41. The van der Waals surface area contributed by atoms with E-state index in [0.717, 1.165) is 55.9 Å². The number of piperidine rings is 1. The molecule has 4 heterocycles. The molecule has 9 heteroatoms. The number of hydrogen-bond acceptors (Lipinski definition) is 7. The van der Waals surface area contributed by atoms with Gasteiger partial charge in [0.15, 0.2) is 5.82 Å². The number of nitrogens with one attached hydrogen (secondary N) is 1. The van der Waals surface area contributed by atoms with E-state index in [0.29, 0.717) is 12.5 Å². The van der Waals surface area contributed by atoms with Gasteiger partial charge in [0.1, 0.15) is 11.6 Å². The molecule has 0 aromatic carbocycles. The quantitative estimate of drug-likeness (QED) is 0.709.